The van der Waals surface area contributed by atoms with Crippen molar-refractivity contribution in [3.05, 3.63) is 53.9 Å². The van der Waals surface area contributed by atoms with E-state index in [1.807, 2.05) is 36.6 Å². The van der Waals surface area contributed by atoms with Gasteiger partial charge in [0.25, 0.3) is 0 Å². The molecule has 0 saturated carbocycles. The second-order valence-corrected chi connectivity index (χ2v) is 7.62. The molecular weight excluding hydrogens is 359 g/mol. The van der Waals surface area contributed by atoms with Crippen LogP contribution < -0.4 is 0 Å². The third-order valence-corrected chi connectivity index (χ3v) is 5.31. The fraction of sp³-hybridized carbons (Fsp3) is 0.476. The molecule has 1 aromatic carbocycles. The van der Waals surface area contributed by atoms with Gasteiger partial charge in [0.05, 0.1) is 12.5 Å². The van der Waals surface area contributed by atoms with Crippen molar-refractivity contribution in [3.63, 3.8) is 0 Å². The molecule has 28 heavy (non-hydrogen) atoms. The lowest BCUT2D eigenvalue weighted by atomic mass is 9.95. The number of imidazole rings is 1. The lowest BCUT2D eigenvalue weighted by Gasteiger charge is -2.36. The van der Waals surface area contributed by atoms with E-state index in [4.69, 9.17) is 0 Å². The number of carbonyl (C=O) groups excluding carboxylic acids is 2. The van der Waals surface area contributed by atoms with E-state index in [0.717, 1.165) is 5.82 Å². The quantitative estimate of drug-likeness (QED) is 0.767. The minimum atomic E-state index is -0.331. The normalized spacial score (nSPS) is 17.2. The van der Waals surface area contributed by atoms with Crippen LogP contribution in [-0.4, -0.2) is 43.8 Å². The molecule has 1 aliphatic rings. The molecule has 1 saturated heterocycles. The fourth-order valence-corrected chi connectivity index (χ4v) is 3.55. The van der Waals surface area contributed by atoms with E-state index in [-0.39, 0.29) is 36.1 Å². The summed E-state index contributed by atoms with van der Waals surface area (Å²) in [7, 11) is 1.90. The van der Waals surface area contributed by atoms with E-state index in [0.29, 0.717) is 31.5 Å². The Morgan fingerprint density at radius 2 is 2.11 bits per heavy atom. The van der Waals surface area contributed by atoms with E-state index in [1.165, 1.54) is 6.07 Å². The predicted molar refractivity (Wildman–Crippen MR) is 103 cm³/mol. The molecule has 6 nitrogen and oxygen atoms in total. The molecule has 150 valence electrons. The van der Waals surface area contributed by atoms with Crippen LogP contribution in [0.4, 0.5) is 4.39 Å². The molecule has 2 amide bonds. The number of halogens is 1. The smallest absolute Gasteiger partial charge is 0.228 e. The molecule has 3 rings (SSSR count). The average molecular weight is 386 g/mol. The summed E-state index contributed by atoms with van der Waals surface area (Å²) >= 11 is 0. The summed E-state index contributed by atoms with van der Waals surface area (Å²) in [6, 6.07) is 6.46. The molecule has 2 heterocycles. The van der Waals surface area contributed by atoms with Gasteiger partial charge in [-0.1, -0.05) is 18.2 Å². The fourth-order valence-electron chi connectivity index (χ4n) is 3.55. The number of amides is 2. The summed E-state index contributed by atoms with van der Waals surface area (Å²) in [5.74, 6) is 0.183. The zero-order chi connectivity index (χ0) is 20.3. The highest BCUT2D eigenvalue weighted by atomic mass is 19.1. The van der Waals surface area contributed by atoms with Crippen molar-refractivity contribution in [1.29, 1.82) is 0 Å². The first-order chi connectivity index (χ1) is 13.4. The first kappa shape index (κ1) is 20.0. The van der Waals surface area contributed by atoms with Crippen molar-refractivity contribution in [2.45, 2.75) is 45.8 Å². The largest absolute Gasteiger partial charge is 0.337 e. The number of rotatable bonds is 6. The van der Waals surface area contributed by atoms with Crippen LogP contribution in [0.1, 0.15) is 38.1 Å². The lowest BCUT2D eigenvalue weighted by molar-refractivity contribution is -0.145. The van der Waals surface area contributed by atoms with E-state index < -0.39 is 0 Å². The van der Waals surface area contributed by atoms with Crippen molar-refractivity contribution in [2.75, 3.05) is 6.54 Å². The van der Waals surface area contributed by atoms with Crippen LogP contribution >= 0.6 is 0 Å². The molecule has 1 aliphatic heterocycles. The van der Waals surface area contributed by atoms with Gasteiger partial charge in [-0.25, -0.2) is 9.37 Å². The van der Waals surface area contributed by atoms with Crippen LogP contribution in [0.5, 0.6) is 0 Å². The Balaban J connectivity index is 1.72. The number of benzene rings is 1. The first-order valence-corrected chi connectivity index (χ1v) is 9.64. The van der Waals surface area contributed by atoms with Gasteiger partial charge >= 0.3 is 0 Å². The number of hydrogen-bond acceptors (Lipinski definition) is 3. The molecule has 0 unspecified atom stereocenters. The van der Waals surface area contributed by atoms with Crippen molar-refractivity contribution in [3.8, 4) is 0 Å². The Hall–Kier alpha value is -2.70. The van der Waals surface area contributed by atoms with Gasteiger partial charge in [-0.2, -0.15) is 0 Å². The number of piperidine rings is 1. The van der Waals surface area contributed by atoms with Crippen LogP contribution in [0.3, 0.4) is 0 Å². The van der Waals surface area contributed by atoms with Crippen LogP contribution in [0.2, 0.25) is 0 Å². The van der Waals surface area contributed by atoms with Gasteiger partial charge in [0, 0.05) is 50.6 Å². The second kappa shape index (κ2) is 8.54. The third-order valence-electron chi connectivity index (χ3n) is 5.31. The maximum Gasteiger partial charge on any atom is 0.228 e. The summed E-state index contributed by atoms with van der Waals surface area (Å²) in [5.41, 5.74) is 0.470. The molecule has 0 N–H and O–H groups in total. The topological polar surface area (TPSA) is 58.4 Å². The van der Waals surface area contributed by atoms with Crippen LogP contribution in [0, 0.1) is 11.7 Å². The Labute approximate surface area is 165 Å². The number of aryl methyl sites for hydroxylation is 1. The van der Waals surface area contributed by atoms with Crippen LogP contribution in [0.15, 0.2) is 36.7 Å². The monoisotopic (exact) mass is 386 g/mol. The highest BCUT2D eigenvalue weighted by Crippen LogP contribution is 2.24. The highest BCUT2D eigenvalue weighted by Gasteiger charge is 2.34. The Morgan fingerprint density at radius 3 is 2.75 bits per heavy atom. The molecule has 1 fully saturated rings. The second-order valence-electron chi connectivity index (χ2n) is 7.62. The molecule has 2 aromatic rings. The minimum Gasteiger partial charge on any atom is -0.337 e. The number of aromatic nitrogens is 2. The zero-order valence-electron chi connectivity index (χ0n) is 16.6. The Bertz CT molecular complexity index is 848. The van der Waals surface area contributed by atoms with Gasteiger partial charge in [-0.15, -0.1) is 0 Å². The zero-order valence-corrected chi connectivity index (χ0v) is 16.6. The molecule has 0 aliphatic carbocycles. The van der Waals surface area contributed by atoms with Gasteiger partial charge in [-0.3, -0.25) is 9.59 Å². The van der Waals surface area contributed by atoms with Crippen molar-refractivity contribution >= 4 is 11.8 Å². The van der Waals surface area contributed by atoms with Gasteiger partial charge in [0.2, 0.25) is 11.8 Å². The summed E-state index contributed by atoms with van der Waals surface area (Å²) in [5, 5.41) is 0. The summed E-state index contributed by atoms with van der Waals surface area (Å²) in [6.07, 6.45) is 4.40. The average Bonchev–Trinajstić information content (AvgIpc) is 3.07. The van der Waals surface area contributed by atoms with Gasteiger partial charge in [0.15, 0.2) is 0 Å². The van der Waals surface area contributed by atoms with Crippen molar-refractivity contribution < 1.29 is 14.0 Å². The minimum absolute atomic E-state index is 0.0156. The predicted octanol–water partition coefficient (Wildman–Crippen LogP) is 2.74. The molecule has 7 heteroatoms. The third kappa shape index (κ3) is 4.40. The first-order valence-electron chi connectivity index (χ1n) is 9.64. The van der Waals surface area contributed by atoms with Crippen molar-refractivity contribution in [1.82, 2.24) is 19.4 Å². The summed E-state index contributed by atoms with van der Waals surface area (Å²) in [6.45, 7) is 4.89. The maximum atomic E-state index is 14.0. The van der Waals surface area contributed by atoms with Gasteiger partial charge < -0.3 is 14.4 Å². The van der Waals surface area contributed by atoms with Crippen LogP contribution in [-0.2, 0) is 29.7 Å². The van der Waals surface area contributed by atoms with Gasteiger partial charge in [-0.05, 0) is 26.3 Å². The molecule has 1 aromatic heterocycles. The highest BCUT2D eigenvalue weighted by molar-refractivity contribution is 5.84. The molecule has 0 radical (unpaired) electrons. The SMILES string of the molecule is CC(C)N(Cc1nccn1C)C(=O)[C@H]1CCC(=O)N(Cc2ccccc2F)C1. The van der Waals surface area contributed by atoms with Crippen molar-refractivity contribution in [2.24, 2.45) is 13.0 Å². The van der Waals surface area contributed by atoms with E-state index in [9.17, 15) is 14.0 Å². The van der Waals surface area contributed by atoms with E-state index in [1.54, 1.807) is 29.3 Å². The number of hydrogen-bond donors (Lipinski definition) is 0. The summed E-state index contributed by atoms with van der Waals surface area (Å²) in [4.78, 5) is 33.3. The summed E-state index contributed by atoms with van der Waals surface area (Å²) < 4.78 is 15.9. The number of likely N-dealkylation sites (tertiary alicyclic amines) is 1. The van der Waals surface area contributed by atoms with E-state index >= 15 is 0 Å². The number of carbonyl (C=O) groups is 2. The lowest BCUT2D eigenvalue weighted by Crippen LogP contribution is -2.48. The molecule has 0 spiro atoms. The van der Waals surface area contributed by atoms with Crippen LogP contribution in [0.25, 0.3) is 0 Å². The maximum absolute atomic E-state index is 14.0. The standard InChI is InChI=1S/C21H27FN4O2/c1-15(2)26(14-19-23-10-11-24(19)3)21(28)17-8-9-20(27)25(13-17)12-16-6-4-5-7-18(16)22/h4-7,10-11,15,17H,8-9,12-14H2,1-3H3/t17-/m0/s1. The Kier molecular flexibility index (Phi) is 6.11. The molecule has 0 bridgehead atoms. The molecular formula is C21H27FN4O2. The van der Waals surface area contributed by atoms with E-state index in [2.05, 4.69) is 4.98 Å². The van der Waals surface area contributed by atoms with Gasteiger partial charge in [0.1, 0.15) is 11.6 Å². The number of nitrogens with zero attached hydrogens (tertiary/aromatic N) is 4. The molecule has 1 atom stereocenters. The Morgan fingerprint density at radius 1 is 1.36 bits per heavy atom.